The first-order valence-electron chi connectivity index (χ1n) is 8.28. The second-order valence-electron chi connectivity index (χ2n) is 7.04. The molecule has 1 heterocycles. The largest absolute Gasteiger partial charge is 0.396 e. The average molecular weight is 299 g/mol. The van der Waals surface area contributed by atoms with E-state index in [2.05, 4.69) is 36.3 Å². The number of carbonyl (C=O) groups is 1. The zero-order valence-corrected chi connectivity index (χ0v) is 14.1. The van der Waals surface area contributed by atoms with E-state index in [0.29, 0.717) is 12.5 Å². The Bertz CT molecular complexity index is 302. The van der Waals surface area contributed by atoms with Gasteiger partial charge in [-0.1, -0.05) is 20.8 Å². The first kappa shape index (κ1) is 18.2. The molecule has 3 N–H and O–H groups in total. The second-order valence-corrected chi connectivity index (χ2v) is 7.04. The SMILES string of the molecule is CC(CCO)CNC(=O)NC(C)CN1CC(C)CC(C)C1. The molecule has 0 aromatic heterocycles. The van der Waals surface area contributed by atoms with Crippen molar-refractivity contribution in [2.45, 2.75) is 46.6 Å². The van der Waals surface area contributed by atoms with Crippen LogP contribution in [-0.4, -0.2) is 54.9 Å². The van der Waals surface area contributed by atoms with Gasteiger partial charge < -0.3 is 20.6 Å². The summed E-state index contributed by atoms with van der Waals surface area (Å²) in [6, 6.07) is 0.0426. The number of rotatable bonds is 7. The molecule has 0 spiro atoms. The molecule has 0 bridgehead atoms. The summed E-state index contributed by atoms with van der Waals surface area (Å²) in [5, 5.41) is 14.7. The van der Waals surface area contributed by atoms with Crippen LogP contribution >= 0.6 is 0 Å². The van der Waals surface area contributed by atoms with Crippen molar-refractivity contribution in [1.29, 1.82) is 0 Å². The summed E-state index contributed by atoms with van der Waals surface area (Å²) in [5.74, 6) is 1.79. The fraction of sp³-hybridized carbons (Fsp3) is 0.938. The number of nitrogens with zero attached hydrogens (tertiary/aromatic N) is 1. The molecular weight excluding hydrogens is 266 g/mol. The molecule has 1 rings (SSSR count). The van der Waals surface area contributed by atoms with Gasteiger partial charge in [0.15, 0.2) is 0 Å². The van der Waals surface area contributed by atoms with E-state index >= 15 is 0 Å². The monoisotopic (exact) mass is 299 g/mol. The van der Waals surface area contributed by atoms with E-state index in [9.17, 15) is 4.79 Å². The quantitative estimate of drug-likeness (QED) is 0.670. The molecule has 0 saturated carbocycles. The Morgan fingerprint density at radius 2 is 1.90 bits per heavy atom. The molecule has 4 atom stereocenters. The number of aliphatic hydroxyl groups excluding tert-OH is 1. The maximum atomic E-state index is 11.8. The van der Waals surface area contributed by atoms with Gasteiger partial charge in [0.05, 0.1) is 0 Å². The van der Waals surface area contributed by atoms with Gasteiger partial charge in [-0.2, -0.15) is 0 Å². The van der Waals surface area contributed by atoms with Crippen LogP contribution in [0.5, 0.6) is 0 Å². The van der Waals surface area contributed by atoms with Crippen LogP contribution in [0.4, 0.5) is 4.79 Å². The fourth-order valence-electron chi connectivity index (χ4n) is 3.24. The van der Waals surface area contributed by atoms with Crippen molar-refractivity contribution in [2.75, 3.05) is 32.8 Å². The van der Waals surface area contributed by atoms with Crippen LogP contribution in [-0.2, 0) is 0 Å². The summed E-state index contributed by atoms with van der Waals surface area (Å²) in [4.78, 5) is 14.3. The predicted octanol–water partition coefficient (Wildman–Crippen LogP) is 1.67. The zero-order valence-electron chi connectivity index (χ0n) is 14.1. The van der Waals surface area contributed by atoms with Gasteiger partial charge in [0.25, 0.3) is 0 Å². The van der Waals surface area contributed by atoms with E-state index in [-0.39, 0.29) is 18.7 Å². The topological polar surface area (TPSA) is 64.6 Å². The summed E-state index contributed by atoms with van der Waals surface area (Å²) < 4.78 is 0. The Balaban J connectivity index is 2.23. The van der Waals surface area contributed by atoms with Crippen LogP contribution in [0.15, 0.2) is 0 Å². The number of hydrogen-bond acceptors (Lipinski definition) is 3. The molecule has 2 amide bonds. The first-order valence-corrected chi connectivity index (χ1v) is 8.28. The smallest absolute Gasteiger partial charge is 0.315 e. The lowest BCUT2D eigenvalue weighted by molar-refractivity contribution is 0.131. The van der Waals surface area contributed by atoms with Crippen molar-refractivity contribution >= 4 is 6.03 Å². The second kappa shape index (κ2) is 9.26. The van der Waals surface area contributed by atoms with Gasteiger partial charge in [-0.15, -0.1) is 0 Å². The van der Waals surface area contributed by atoms with Crippen LogP contribution in [0, 0.1) is 17.8 Å². The Hall–Kier alpha value is -0.810. The first-order chi connectivity index (χ1) is 9.90. The van der Waals surface area contributed by atoms with Gasteiger partial charge in [-0.3, -0.25) is 0 Å². The number of nitrogens with one attached hydrogen (secondary N) is 2. The molecule has 21 heavy (non-hydrogen) atoms. The Kier molecular flexibility index (Phi) is 8.04. The highest BCUT2D eigenvalue weighted by atomic mass is 16.3. The van der Waals surface area contributed by atoms with Crippen molar-refractivity contribution in [3.05, 3.63) is 0 Å². The van der Waals surface area contributed by atoms with Crippen molar-refractivity contribution in [3.63, 3.8) is 0 Å². The van der Waals surface area contributed by atoms with Crippen LogP contribution in [0.25, 0.3) is 0 Å². The Morgan fingerprint density at radius 1 is 1.29 bits per heavy atom. The Labute approximate surface area is 129 Å². The predicted molar refractivity (Wildman–Crippen MR) is 86.2 cm³/mol. The number of hydrogen-bond donors (Lipinski definition) is 3. The third-order valence-electron chi connectivity index (χ3n) is 4.09. The van der Waals surface area contributed by atoms with E-state index in [1.807, 2.05) is 6.92 Å². The van der Waals surface area contributed by atoms with Gasteiger partial charge in [-0.25, -0.2) is 4.79 Å². The number of amides is 2. The summed E-state index contributed by atoms with van der Waals surface area (Å²) in [6.45, 7) is 12.6. The van der Waals surface area contributed by atoms with Crippen molar-refractivity contribution < 1.29 is 9.90 Å². The number of aliphatic hydroxyl groups is 1. The standard InChI is InChI=1S/C16H33N3O2/c1-12(5-6-20)8-17-16(21)18-15(4)11-19-9-13(2)7-14(3)10-19/h12-15,20H,5-11H2,1-4H3,(H2,17,18,21). The highest BCUT2D eigenvalue weighted by molar-refractivity contribution is 5.74. The van der Waals surface area contributed by atoms with Crippen LogP contribution in [0.3, 0.4) is 0 Å². The minimum atomic E-state index is -0.106. The molecule has 0 aliphatic carbocycles. The number of carbonyl (C=O) groups excluding carboxylic acids is 1. The third kappa shape index (κ3) is 7.67. The van der Waals surface area contributed by atoms with Crippen LogP contribution in [0.2, 0.25) is 0 Å². The average Bonchev–Trinajstić information content (AvgIpc) is 2.35. The summed E-state index contributed by atoms with van der Waals surface area (Å²) in [5.41, 5.74) is 0. The number of likely N-dealkylation sites (tertiary alicyclic amines) is 1. The molecule has 0 aromatic carbocycles. The summed E-state index contributed by atoms with van der Waals surface area (Å²) >= 11 is 0. The minimum Gasteiger partial charge on any atom is -0.396 e. The molecular formula is C16H33N3O2. The van der Waals surface area contributed by atoms with Crippen LogP contribution < -0.4 is 10.6 Å². The molecule has 5 heteroatoms. The fourth-order valence-corrected chi connectivity index (χ4v) is 3.24. The molecule has 0 aromatic rings. The highest BCUT2D eigenvalue weighted by Gasteiger charge is 2.23. The minimum absolute atomic E-state index is 0.106. The molecule has 5 nitrogen and oxygen atoms in total. The van der Waals surface area contributed by atoms with Crippen molar-refractivity contribution in [1.82, 2.24) is 15.5 Å². The van der Waals surface area contributed by atoms with E-state index in [1.54, 1.807) is 0 Å². The van der Waals surface area contributed by atoms with E-state index in [1.165, 1.54) is 6.42 Å². The number of piperidine rings is 1. The van der Waals surface area contributed by atoms with E-state index in [4.69, 9.17) is 5.11 Å². The lowest BCUT2D eigenvalue weighted by Gasteiger charge is -2.36. The summed E-state index contributed by atoms with van der Waals surface area (Å²) in [7, 11) is 0. The molecule has 1 saturated heterocycles. The maximum Gasteiger partial charge on any atom is 0.315 e. The maximum absolute atomic E-state index is 11.8. The van der Waals surface area contributed by atoms with Gasteiger partial charge in [0, 0.05) is 38.8 Å². The normalized spacial score (nSPS) is 26.1. The molecule has 1 aliphatic heterocycles. The molecule has 1 fully saturated rings. The molecule has 1 aliphatic rings. The zero-order chi connectivity index (χ0) is 15.8. The van der Waals surface area contributed by atoms with Crippen molar-refractivity contribution in [2.24, 2.45) is 17.8 Å². The molecule has 4 unspecified atom stereocenters. The number of urea groups is 1. The van der Waals surface area contributed by atoms with Gasteiger partial charge in [-0.05, 0) is 37.5 Å². The van der Waals surface area contributed by atoms with Gasteiger partial charge in [0.2, 0.25) is 0 Å². The van der Waals surface area contributed by atoms with Gasteiger partial charge in [0.1, 0.15) is 0 Å². The van der Waals surface area contributed by atoms with Crippen LogP contribution in [0.1, 0.15) is 40.5 Å². The third-order valence-corrected chi connectivity index (χ3v) is 4.09. The van der Waals surface area contributed by atoms with Crippen molar-refractivity contribution in [3.8, 4) is 0 Å². The van der Waals surface area contributed by atoms with Gasteiger partial charge >= 0.3 is 6.03 Å². The highest BCUT2D eigenvalue weighted by Crippen LogP contribution is 2.20. The molecule has 124 valence electrons. The molecule has 0 radical (unpaired) electrons. The van der Waals surface area contributed by atoms with E-state index < -0.39 is 0 Å². The lowest BCUT2D eigenvalue weighted by Crippen LogP contribution is -2.49. The van der Waals surface area contributed by atoms with E-state index in [0.717, 1.165) is 37.9 Å². The lowest BCUT2D eigenvalue weighted by atomic mass is 9.92. The Morgan fingerprint density at radius 3 is 2.48 bits per heavy atom. The summed E-state index contributed by atoms with van der Waals surface area (Å²) in [6.07, 6.45) is 2.03.